The van der Waals surface area contributed by atoms with Gasteiger partial charge in [-0.2, -0.15) is 0 Å². The molecule has 2 rings (SSSR count). The molecule has 17 heavy (non-hydrogen) atoms. The number of carbonyl (C=O) groups excluding carboxylic acids is 1. The molecule has 0 aliphatic heterocycles. The fourth-order valence-electron chi connectivity index (χ4n) is 1.40. The number of hydrogen-bond donors (Lipinski definition) is 0. The second-order valence-corrected chi connectivity index (χ2v) is 5.07. The van der Waals surface area contributed by atoms with Crippen molar-refractivity contribution in [2.45, 2.75) is 24.0 Å². The zero-order chi connectivity index (χ0) is 12.4. The molecule has 1 amide bonds. The molecule has 1 aromatic heterocycles. The Kier molecular flexibility index (Phi) is 3.57. The third-order valence-corrected chi connectivity index (χ3v) is 3.15. The number of pyridine rings is 1. The van der Waals surface area contributed by atoms with Crippen molar-refractivity contribution in [1.82, 2.24) is 9.88 Å². The molecule has 1 saturated carbocycles. The van der Waals surface area contributed by atoms with Crippen LogP contribution in [0.25, 0.3) is 0 Å². The van der Waals surface area contributed by atoms with Crippen LogP contribution in [0.5, 0.6) is 5.75 Å². The number of thioether (sulfide) groups is 1. The van der Waals surface area contributed by atoms with Gasteiger partial charge in [0.25, 0.3) is 5.91 Å². The van der Waals surface area contributed by atoms with Crippen molar-refractivity contribution in [3.8, 4) is 5.75 Å². The van der Waals surface area contributed by atoms with Crippen LogP contribution in [0.15, 0.2) is 17.3 Å². The van der Waals surface area contributed by atoms with E-state index in [9.17, 15) is 4.79 Å². The van der Waals surface area contributed by atoms with E-state index in [1.54, 1.807) is 31.3 Å². The van der Waals surface area contributed by atoms with E-state index in [-0.39, 0.29) is 12.0 Å². The van der Waals surface area contributed by atoms with Crippen molar-refractivity contribution < 1.29 is 9.53 Å². The first-order chi connectivity index (χ1) is 8.11. The summed E-state index contributed by atoms with van der Waals surface area (Å²) >= 11 is 1.52. The van der Waals surface area contributed by atoms with Gasteiger partial charge < -0.3 is 9.64 Å². The highest BCUT2D eigenvalue weighted by Gasteiger charge is 2.26. The monoisotopic (exact) mass is 252 g/mol. The number of amides is 1. The van der Waals surface area contributed by atoms with Crippen molar-refractivity contribution in [2.75, 3.05) is 20.4 Å². The molecule has 1 aliphatic rings. The first-order valence-electron chi connectivity index (χ1n) is 5.54. The van der Waals surface area contributed by atoms with Crippen LogP contribution >= 0.6 is 11.8 Å². The first-order valence-corrected chi connectivity index (χ1v) is 6.76. The fourth-order valence-corrected chi connectivity index (χ4v) is 1.80. The first kappa shape index (κ1) is 12.2. The van der Waals surface area contributed by atoms with Crippen molar-refractivity contribution in [3.05, 3.63) is 17.8 Å². The summed E-state index contributed by atoms with van der Waals surface area (Å²) in [5.41, 5.74) is 0.598. The van der Waals surface area contributed by atoms with Gasteiger partial charge in [0.1, 0.15) is 0 Å². The normalized spacial score (nSPS) is 14.5. The summed E-state index contributed by atoms with van der Waals surface area (Å²) in [6, 6.07) is 1.80. The Balaban J connectivity index is 2.31. The van der Waals surface area contributed by atoms with Gasteiger partial charge in [-0.05, 0) is 25.2 Å². The molecule has 92 valence electrons. The molecule has 1 fully saturated rings. The number of carbonyl (C=O) groups is 1. The van der Waals surface area contributed by atoms with E-state index in [1.807, 2.05) is 6.26 Å². The maximum atomic E-state index is 12.0. The fraction of sp³-hybridized carbons (Fsp3) is 0.500. The number of aromatic nitrogens is 1. The average molecular weight is 252 g/mol. The Morgan fingerprint density at radius 1 is 1.53 bits per heavy atom. The Hall–Kier alpha value is -1.23. The quantitative estimate of drug-likeness (QED) is 0.769. The van der Waals surface area contributed by atoms with Gasteiger partial charge >= 0.3 is 0 Å². The number of ether oxygens (including phenoxy) is 1. The van der Waals surface area contributed by atoms with Gasteiger partial charge in [-0.25, -0.2) is 4.98 Å². The average Bonchev–Trinajstić information content (AvgIpc) is 3.12. The van der Waals surface area contributed by atoms with E-state index in [0.717, 1.165) is 17.9 Å². The molecule has 1 aliphatic carbocycles. The molecular weight excluding hydrogens is 236 g/mol. The van der Waals surface area contributed by atoms with Gasteiger partial charge in [0.15, 0.2) is 5.75 Å². The Morgan fingerprint density at radius 2 is 2.24 bits per heavy atom. The summed E-state index contributed by atoms with van der Waals surface area (Å²) < 4.78 is 5.71. The maximum absolute atomic E-state index is 12.0. The van der Waals surface area contributed by atoms with Crippen LogP contribution < -0.4 is 4.74 Å². The number of rotatable bonds is 4. The molecule has 4 nitrogen and oxygen atoms in total. The van der Waals surface area contributed by atoms with Crippen LogP contribution in [0, 0.1) is 0 Å². The third kappa shape index (κ3) is 2.91. The van der Waals surface area contributed by atoms with E-state index in [0.29, 0.717) is 11.3 Å². The minimum Gasteiger partial charge on any atom is -0.488 e. The molecule has 0 saturated heterocycles. The van der Waals surface area contributed by atoms with Crippen LogP contribution in [-0.4, -0.2) is 42.2 Å². The number of hydrogen-bond acceptors (Lipinski definition) is 4. The smallest absolute Gasteiger partial charge is 0.257 e. The number of nitrogens with zero attached hydrogens (tertiary/aromatic N) is 2. The highest BCUT2D eigenvalue weighted by molar-refractivity contribution is 7.98. The van der Waals surface area contributed by atoms with Crippen molar-refractivity contribution in [3.63, 3.8) is 0 Å². The molecule has 0 radical (unpaired) electrons. The third-order valence-electron chi connectivity index (χ3n) is 2.51. The van der Waals surface area contributed by atoms with Crippen LogP contribution in [0.2, 0.25) is 0 Å². The predicted molar refractivity (Wildman–Crippen MR) is 67.7 cm³/mol. The summed E-state index contributed by atoms with van der Waals surface area (Å²) in [5.74, 6) is 0.558. The highest BCUT2D eigenvalue weighted by atomic mass is 32.2. The minimum absolute atomic E-state index is 0.0432. The molecule has 0 aromatic carbocycles. The lowest BCUT2D eigenvalue weighted by Gasteiger charge is -2.15. The van der Waals surface area contributed by atoms with Gasteiger partial charge in [-0.3, -0.25) is 4.79 Å². The van der Waals surface area contributed by atoms with Crippen molar-refractivity contribution in [1.29, 1.82) is 0 Å². The lowest BCUT2D eigenvalue weighted by molar-refractivity contribution is 0.0822. The van der Waals surface area contributed by atoms with Crippen LogP contribution in [0.4, 0.5) is 0 Å². The minimum atomic E-state index is -0.0432. The van der Waals surface area contributed by atoms with Crippen molar-refractivity contribution >= 4 is 17.7 Å². The molecular formula is C12H16N2O2S. The van der Waals surface area contributed by atoms with Crippen LogP contribution in [0.1, 0.15) is 23.2 Å². The lowest BCUT2D eigenvalue weighted by atomic mass is 10.2. The zero-order valence-corrected chi connectivity index (χ0v) is 11.1. The van der Waals surface area contributed by atoms with Gasteiger partial charge in [-0.15, -0.1) is 11.8 Å². The molecule has 0 N–H and O–H groups in total. The highest BCUT2D eigenvalue weighted by Crippen LogP contribution is 2.30. The van der Waals surface area contributed by atoms with E-state index in [4.69, 9.17) is 4.74 Å². The zero-order valence-electron chi connectivity index (χ0n) is 10.3. The van der Waals surface area contributed by atoms with Crippen LogP contribution in [-0.2, 0) is 0 Å². The molecule has 0 unspecified atom stereocenters. The van der Waals surface area contributed by atoms with Gasteiger partial charge in [0.05, 0.1) is 22.9 Å². The molecule has 0 bridgehead atoms. The summed E-state index contributed by atoms with van der Waals surface area (Å²) in [6.45, 7) is 0. The SMILES string of the molecule is CSc1cc(C(=O)N(C)C)c(OC2CC2)cn1. The second-order valence-electron chi connectivity index (χ2n) is 4.24. The molecule has 0 atom stereocenters. The van der Waals surface area contributed by atoms with E-state index >= 15 is 0 Å². The molecule has 1 heterocycles. The van der Waals surface area contributed by atoms with E-state index in [1.165, 1.54) is 11.8 Å². The summed E-state index contributed by atoms with van der Waals surface area (Å²) in [4.78, 5) is 17.8. The molecule has 5 heteroatoms. The lowest BCUT2D eigenvalue weighted by Crippen LogP contribution is -2.22. The van der Waals surface area contributed by atoms with Crippen LogP contribution in [0.3, 0.4) is 0 Å². The predicted octanol–water partition coefficient (Wildman–Crippen LogP) is 2.05. The Bertz CT molecular complexity index is 431. The summed E-state index contributed by atoms with van der Waals surface area (Å²) in [5, 5.41) is 0.832. The van der Waals surface area contributed by atoms with Gasteiger partial charge in [0, 0.05) is 14.1 Å². The topological polar surface area (TPSA) is 42.4 Å². The summed E-state index contributed by atoms with van der Waals surface area (Å²) in [6.07, 6.45) is 6.00. The molecule has 1 aromatic rings. The van der Waals surface area contributed by atoms with E-state index in [2.05, 4.69) is 4.98 Å². The van der Waals surface area contributed by atoms with Gasteiger partial charge in [-0.1, -0.05) is 0 Å². The van der Waals surface area contributed by atoms with E-state index < -0.39 is 0 Å². The standard InChI is InChI=1S/C12H16N2O2S/c1-14(2)12(15)9-6-11(17-3)13-7-10(9)16-8-4-5-8/h6-8H,4-5H2,1-3H3. The second kappa shape index (κ2) is 4.96. The summed E-state index contributed by atoms with van der Waals surface area (Å²) in [7, 11) is 3.48. The largest absolute Gasteiger partial charge is 0.488 e. The Labute approximate surface area is 105 Å². The van der Waals surface area contributed by atoms with Gasteiger partial charge in [0.2, 0.25) is 0 Å². The van der Waals surface area contributed by atoms with Crippen molar-refractivity contribution in [2.24, 2.45) is 0 Å². The maximum Gasteiger partial charge on any atom is 0.257 e. The Morgan fingerprint density at radius 3 is 2.76 bits per heavy atom. The molecule has 0 spiro atoms.